The Kier molecular flexibility index (Phi) is 5.28. The Labute approximate surface area is 166 Å². The molecule has 1 aliphatic heterocycles. The number of aromatic nitrogens is 3. The number of nitrogens with zero attached hydrogens (tertiary/aromatic N) is 5. The highest BCUT2D eigenvalue weighted by atomic mass is 19.1. The average Bonchev–Trinajstić information content (AvgIpc) is 2.77. The fraction of sp³-hybridized carbons (Fsp3) is 0.200. The zero-order chi connectivity index (χ0) is 20.2. The van der Waals surface area contributed by atoms with E-state index in [9.17, 15) is 13.6 Å². The maximum Gasteiger partial charge on any atom is 0.272 e. The fourth-order valence-corrected chi connectivity index (χ4v) is 3.11. The molecular weight excluding hydrogens is 378 g/mol. The van der Waals surface area contributed by atoms with Gasteiger partial charge in [-0.2, -0.15) is 0 Å². The van der Waals surface area contributed by atoms with Crippen LogP contribution in [0, 0.1) is 11.6 Å². The summed E-state index contributed by atoms with van der Waals surface area (Å²) in [7, 11) is 0. The molecule has 3 aromatic rings. The van der Waals surface area contributed by atoms with Crippen LogP contribution in [0.4, 0.5) is 26.1 Å². The van der Waals surface area contributed by atoms with Crippen molar-refractivity contribution in [2.45, 2.75) is 0 Å². The molecule has 0 aliphatic carbocycles. The van der Waals surface area contributed by atoms with Crippen LogP contribution in [0.5, 0.6) is 0 Å². The van der Waals surface area contributed by atoms with E-state index in [0.717, 1.165) is 12.1 Å². The lowest BCUT2D eigenvalue weighted by atomic mass is 10.2. The second-order valence-electron chi connectivity index (χ2n) is 6.48. The molecule has 0 bridgehead atoms. The number of carbonyl (C=O) groups is 1. The number of halogens is 2. The van der Waals surface area contributed by atoms with Crippen molar-refractivity contribution in [2.75, 3.05) is 36.4 Å². The van der Waals surface area contributed by atoms with Gasteiger partial charge in [0, 0.05) is 50.5 Å². The number of rotatable bonds is 4. The normalized spacial score (nSPS) is 14.0. The molecule has 0 atom stereocenters. The zero-order valence-corrected chi connectivity index (χ0v) is 15.4. The Morgan fingerprint density at radius 2 is 1.59 bits per heavy atom. The van der Waals surface area contributed by atoms with Crippen LogP contribution in [0.15, 0.2) is 55.0 Å². The number of piperazine rings is 1. The minimum Gasteiger partial charge on any atom is -0.351 e. The van der Waals surface area contributed by atoms with Crippen molar-refractivity contribution in [1.82, 2.24) is 19.9 Å². The monoisotopic (exact) mass is 396 g/mol. The Morgan fingerprint density at radius 3 is 2.28 bits per heavy atom. The van der Waals surface area contributed by atoms with Crippen LogP contribution in [0.3, 0.4) is 0 Å². The molecule has 3 heterocycles. The molecule has 1 aliphatic rings. The summed E-state index contributed by atoms with van der Waals surface area (Å²) in [4.78, 5) is 29.1. The molecule has 0 radical (unpaired) electrons. The molecule has 1 N–H and O–H groups in total. The number of hydrogen-bond donors (Lipinski definition) is 1. The van der Waals surface area contributed by atoms with Crippen molar-refractivity contribution in [1.29, 1.82) is 0 Å². The van der Waals surface area contributed by atoms with E-state index >= 15 is 0 Å². The maximum atomic E-state index is 13.9. The lowest BCUT2D eigenvalue weighted by Crippen LogP contribution is -2.49. The summed E-state index contributed by atoms with van der Waals surface area (Å²) in [5, 5.41) is 2.68. The Bertz CT molecular complexity index is 989. The topological polar surface area (TPSA) is 74.2 Å². The van der Waals surface area contributed by atoms with Gasteiger partial charge in [-0.05, 0) is 30.3 Å². The number of anilines is 3. The van der Waals surface area contributed by atoms with Gasteiger partial charge in [0.2, 0.25) is 5.95 Å². The lowest BCUT2D eigenvalue weighted by Gasteiger charge is -2.34. The fourth-order valence-electron chi connectivity index (χ4n) is 3.11. The molecule has 7 nitrogen and oxygen atoms in total. The second kappa shape index (κ2) is 8.17. The first kappa shape index (κ1) is 18.7. The van der Waals surface area contributed by atoms with E-state index < -0.39 is 11.6 Å². The van der Waals surface area contributed by atoms with Gasteiger partial charge in [-0.25, -0.2) is 18.7 Å². The van der Waals surface area contributed by atoms with Gasteiger partial charge in [-0.1, -0.05) is 6.07 Å². The third-order valence-corrected chi connectivity index (χ3v) is 4.61. The van der Waals surface area contributed by atoms with Crippen LogP contribution in [-0.2, 0) is 0 Å². The van der Waals surface area contributed by atoms with E-state index in [-0.39, 0.29) is 17.3 Å². The van der Waals surface area contributed by atoms with Gasteiger partial charge < -0.3 is 15.1 Å². The number of amides is 1. The summed E-state index contributed by atoms with van der Waals surface area (Å²) in [5.74, 6) is -1.03. The summed E-state index contributed by atoms with van der Waals surface area (Å²) in [6.45, 7) is 2.21. The molecule has 0 unspecified atom stereocenters. The van der Waals surface area contributed by atoms with Crippen molar-refractivity contribution in [3.63, 3.8) is 0 Å². The average molecular weight is 396 g/mol. The summed E-state index contributed by atoms with van der Waals surface area (Å²) in [6, 6.07) is 8.40. The summed E-state index contributed by atoms with van der Waals surface area (Å²) in [6.07, 6.45) is 4.80. The molecular formula is C20H18F2N6O. The number of benzene rings is 1. The van der Waals surface area contributed by atoms with E-state index in [1.807, 2.05) is 4.90 Å². The van der Waals surface area contributed by atoms with E-state index in [0.29, 0.717) is 37.8 Å². The van der Waals surface area contributed by atoms with Gasteiger partial charge in [-0.15, -0.1) is 0 Å². The predicted octanol–water partition coefficient (Wildman–Crippen LogP) is 2.86. The highest BCUT2D eigenvalue weighted by Crippen LogP contribution is 2.23. The molecule has 1 saturated heterocycles. The second-order valence-corrected chi connectivity index (χ2v) is 6.48. The summed E-state index contributed by atoms with van der Waals surface area (Å²) >= 11 is 0. The van der Waals surface area contributed by atoms with E-state index in [4.69, 9.17) is 0 Å². The molecule has 1 fully saturated rings. The number of para-hydroxylation sites is 1. The lowest BCUT2D eigenvalue weighted by molar-refractivity contribution is 0.0740. The largest absolute Gasteiger partial charge is 0.351 e. The number of carbonyl (C=O) groups excluding carboxylic acids is 1. The predicted molar refractivity (Wildman–Crippen MR) is 104 cm³/mol. The van der Waals surface area contributed by atoms with Crippen molar-refractivity contribution >= 4 is 23.2 Å². The van der Waals surface area contributed by atoms with Gasteiger partial charge >= 0.3 is 0 Å². The quantitative estimate of drug-likeness (QED) is 0.731. The van der Waals surface area contributed by atoms with Crippen molar-refractivity contribution in [3.8, 4) is 0 Å². The van der Waals surface area contributed by atoms with Gasteiger partial charge in [0.05, 0.1) is 0 Å². The SMILES string of the molecule is O=C(c1cc(Nc2c(F)cccc2F)ccn1)N1CCN(c2ncccn2)CC1. The smallest absolute Gasteiger partial charge is 0.272 e. The van der Waals surface area contributed by atoms with Crippen LogP contribution in [0.2, 0.25) is 0 Å². The molecule has 9 heteroatoms. The molecule has 1 amide bonds. The third-order valence-electron chi connectivity index (χ3n) is 4.61. The molecule has 0 saturated carbocycles. The van der Waals surface area contributed by atoms with Crippen LogP contribution < -0.4 is 10.2 Å². The standard InChI is InChI=1S/C20H18F2N6O/c21-15-3-1-4-16(22)18(15)26-14-5-8-23-17(13-14)19(29)27-9-11-28(12-10-27)20-24-6-2-7-25-20/h1-8,13H,9-12H2,(H,23,26). The van der Waals surface area contributed by atoms with E-state index in [1.54, 1.807) is 29.4 Å². The molecule has 4 rings (SSSR count). The van der Waals surface area contributed by atoms with Crippen molar-refractivity contribution < 1.29 is 13.6 Å². The molecule has 148 valence electrons. The molecule has 1 aromatic carbocycles. The first-order valence-corrected chi connectivity index (χ1v) is 9.10. The third kappa shape index (κ3) is 4.13. The Hall–Kier alpha value is -3.62. The van der Waals surface area contributed by atoms with Gasteiger partial charge in [-0.3, -0.25) is 9.78 Å². The summed E-state index contributed by atoms with van der Waals surface area (Å²) < 4.78 is 27.7. The van der Waals surface area contributed by atoms with E-state index in [2.05, 4.69) is 20.3 Å². The molecule has 2 aromatic heterocycles. The van der Waals surface area contributed by atoms with Crippen molar-refractivity contribution in [3.05, 3.63) is 72.3 Å². The Morgan fingerprint density at radius 1 is 0.897 bits per heavy atom. The molecule has 0 spiro atoms. The van der Waals surface area contributed by atoms with Gasteiger partial charge in [0.1, 0.15) is 23.0 Å². The highest BCUT2D eigenvalue weighted by Gasteiger charge is 2.24. The van der Waals surface area contributed by atoms with Crippen LogP contribution in [0.1, 0.15) is 10.5 Å². The van der Waals surface area contributed by atoms with Crippen LogP contribution in [0.25, 0.3) is 0 Å². The highest BCUT2D eigenvalue weighted by molar-refractivity contribution is 5.93. The zero-order valence-electron chi connectivity index (χ0n) is 15.4. The number of nitrogens with one attached hydrogen (secondary N) is 1. The minimum atomic E-state index is -0.714. The minimum absolute atomic E-state index is 0.205. The number of hydrogen-bond acceptors (Lipinski definition) is 6. The number of pyridine rings is 1. The summed E-state index contributed by atoms with van der Waals surface area (Å²) in [5.41, 5.74) is 0.313. The first-order valence-electron chi connectivity index (χ1n) is 9.10. The van der Waals surface area contributed by atoms with Crippen LogP contribution in [-0.4, -0.2) is 51.9 Å². The van der Waals surface area contributed by atoms with E-state index in [1.165, 1.54) is 18.3 Å². The molecule has 29 heavy (non-hydrogen) atoms. The Balaban J connectivity index is 1.44. The van der Waals surface area contributed by atoms with Gasteiger partial charge in [0.25, 0.3) is 5.91 Å². The van der Waals surface area contributed by atoms with Crippen molar-refractivity contribution in [2.24, 2.45) is 0 Å². The van der Waals surface area contributed by atoms with Crippen LogP contribution >= 0.6 is 0 Å². The van der Waals surface area contributed by atoms with Gasteiger partial charge in [0.15, 0.2) is 0 Å². The maximum absolute atomic E-state index is 13.9. The first-order chi connectivity index (χ1) is 14.1.